The first kappa shape index (κ1) is 26.5. The fourth-order valence-electron chi connectivity index (χ4n) is 6.70. The Labute approximate surface area is 256 Å². The van der Waals surface area contributed by atoms with Crippen molar-refractivity contribution in [3.8, 4) is 17.1 Å². The SMILES string of the molecule is C1=NCc2cc(-c3nn(C(c4ccccc4)(c4ccccc4)c4ccccc4)c4ccnc(OC5CCOCC5)c34)ccc21. The van der Waals surface area contributed by atoms with Gasteiger partial charge in [0.2, 0.25) is 5.88 Å². The van der Waals surface area contributed by atoms with E-state index in [1.54, 1.807) is 0 Å². The lowest BCUT2D eigenvalue weighted by Crippen LogP contribution is -2.38. The molecule has 0 amide bonds. The van der Waals surface area contributed by atoms with Crippen molar-refractivity contribution in [2.24, 2.45) is 4.99 Å². The number of benzene rings is 4. The Kier molecular flexibility index (Phi) is 6.76. The monoisotopic (exact) mass is 576 g/mol. The zero-order valence-electron chi connectivity index (χ0n) is 24.3. The summed E-state index contributed by atoms with van der Waals surface area (Å²) >= 11 is 0. The minimum atomic E-state index is -0.780. The summed E-state index contributed by atoms with van der Waals surface area (Å²) in [4.78, 5) is 9.34. The summed E-state index contributed by atoms with van der Waals surface area (Å²) in [6, 6.07) is 40.5. The maximum absolute atomic E-state index is 6.70. The number of fused-ring (bicyclic) bond motifs is 2. The quantitative estimate of drug-likeness (QED) is 0.186. The Morgan fingerprint density at radius 1 is 0.750 bits per heavy atom. The van der Waals surface area contributed by atoms with E-state index in [0.717, 1.165) is 57.3 Å². The van der Waals surface area contributed by atoms with Crippen LogP contribution >= 0.6 is 0 Å². The summed E-state index contributed by atoms with van der Waals surface area (Å²) in [5.41, 5.74) is 7.71. The van der Waals surface area contributed by atoms with E-state index in [0.29, 0.717) is 25.6 Å². The molecule has 0 aliphatic carbocycles. The first-order valence-corrected chi connectivity index (χ1v) is 15.2. The summed E-state index contributed by atoms with van der Waals surface area (Å²) in [6.07, 6.45) is 5.50. The average Bonchev–Trinajstić information content (AvgIpc) is 3.73. The van der Waals surface area contributed by atoms with Crippen LogP contribution in [0.2, 0.25) is 0 Å². The Balaban J connectivity index is 1.46. The number of ether oxygens (including phenoxy) is 2. The molecule has 1 saturated heterocycles. The van der Waals surface area contributed by atoms with Gasteiger partial charge in [-0.1, -0.05) is 103 Å². The Morgan fingerprint density at radius 3 is 2.02 bits per heavy atom. The minimum absolute atomic E-state index is 0.0357. The van der Waals surface area contributed by atoms with Crippen molar-refractivity contribution in [1.82, 2.24) is 14.8 Å². The average molecular weight is 577 g/mol. The van der Waals surface area contributed by atoms with Gasteiger partial charge in [0.05, 0.1) is 30.7 Å². The summed E-state index contributed by atoms with van der Waals surface area (Å²) in [5, 5.41) is 6.48. The molecule has 0 bridgehead atoms. The Morgan fingerprint density at radius 2 is 1.39 bits per heavy atom. The summed E-state index contributed by atoms with van der Waals surface area (Å²) in [6.45, 7) is 2.06. The maximum Gasteiger partial charge on any atom is 0.225 e. The zero-order chi connectivity index (χ0) is 29.3. The molecule has 0 unspecified atom stereocenters. The maximum atomic E-state index is 6.70. The Bertz CT molecular complexity index is 1850. The van der Waals surface area contributed by atoms with Crippen LogP contribution in [0.3, 0.4) is 0 Å². The normalized spacial score (nSPS) is 15.0. The first-order valence-electron chi connectivity index (χ1n) is 15.2. The molecule has 8 rings (SSSR count). The lowest BCUT2D eigenvalue weighted by Gasteiger charge is -2.37. The van der Waals surface area contributed by atoms with Gasteiger partial charge in [-0.3, -0.25) is 4.99 Å². The molecular weight excluding hydrogens is 544 g/mol. The van der Waals surface area contributed by atoms with Gasteiger partial charge < -0.3 is 9.47 Å². The molecule has 0 N–H and O–H groups in total. The molecule has 0 atom stereocenters. The molecular formula is C38H32N4O2. The van der Waals surface area contributed by atoms with E-state index in [2.05, 4.69) is 125 Å². The number of hydrogen-bond donors (Lipinski definition) is 0. The molecule has 4 heterocycles. The summed E-state index contributed by atoms with van der Waals surface area (Å²) < 4.78 is 14.5. The number of aromatic nitrogens is 3. The molecule has 1 fully saturated rings. The topological polar surface area (TPSA) is 61.5 Å². The van der Waals surface area contributed by atoms with Gasteiger partial charge in [-0.15, -0.1) is 0 Å². The molecule has 216 valence electrons. The standard InChI is InChI=1S/C38H32N4O2/c1-4-10-30(11-5-1)38(31-12-6-2-7-13-31,32-14-8-3-9-15-32)42-34-18-21-40-37(44-33-19-22-43-23-20-33)35(34)36(41-42)27-16-17-28-25-39-26-29(28)24-27/h1-18,21,24-25,33H,19-20,22-23,26H2. The van der Waals surface area contributed by atoms with Gasteiger partial charge in [-0.05, 0) is 39.9 Å². The number of rotatable bonds is 7. The second-order valence-electron chi connectivity index (χ2n) is 11.4. The van der Waals surface area contributed by atoms with E-state index >= 15 is 0 Å². The summed E-state index contributed by atoms with van der Waals surface area (Å²) in [7, 11) is 0. The van der Waals surface area contributed by atoms with E-state index in [9.17, 15) is 0 Å². The van der Waals surface area contributed by atoms with Crippen LogP contribution in [0.15, 0.2) is 126 Å². The van der Waals surface area contributed by atoms with Crippen LogP contribution < -0.4 is 4.74 Å². The van der Waals surface area contributed by atoms with Crippen molar-refractivity contribution in [3.05, 3.63) is 149 Å². The van der Waals surface area contributed by atoms with Gasteiger partial charge in [0, 0.05) is 30.8 Å². The van der Waals surface area contributed by atoms with Gasteiger partial charge in [0.1, 0.15) is 17.3 Å². The Hall–Kier alpha value is -5.07. The van der Waals surface area contributed by atoms with E-state index in [1.165, 1.54) is 5.56 Å². The van der Waals surface area contributed by atoms with Crippen molar-refractivity contribution in [2.75, 3.05) is 13.2 Å². The van der Waals surface area contributed by atoms with E-state index in [4.69, 9.17) is 19.6 Å². The van der Waals surface area contributed by atoms with Crippen molar-refractivity contribution in [3.63, 3.8) is 0 Å². The molecule has 44 heavy (non-hydrogen) atoms. The third-order valence-electron chi connectivity index (χ3n) is 8.81. The highest BCUT2D eigenvalue weighted by molar-refractivity contribution is 5.98. The summed E-state index contributed by atoms with van der Waals surface area (Å²) in [5.74, 6) is 0.607. The van der Waals surface area contributed by atoms with Crippen LogP contribution in [0, 0.1) is 0 Å². The molecule has 0 spiro atoms. The molecule has 2 aliphatic rings. The van der Waals surface area contributed by atoms with Gasteiger partial charge in [-0.2, -0.15) is 5.10 Å². The molecule has 0 radical (unpaired) electrons. The zero-order valence-corrected chi connectivity index (χ0v) is 24.3. The fraction of sp³-hybridized carbons (Fsp3) is 0.184. The molecule has 4 aromatic carbocycles. The minimum Gasteiger partial charge on any atom is -0.474 e. The largest absolute Gasteiger partial charge is 0.474 e. The van der Waals surface area contributed by atoms with Gasteiger partial charge >= 0.3 is 0 Å². The van der Waals surface area contributed by atoms with Crippen LogP contribution in [0.4, 0.5) is 0 Å². The number of pyridine rings is 1. The highest BCUT2D eigenvalue weighted by atomic mass is 16.5. The molecule has 6 nitrogen and oxygen atoms in total. The van der Waals surface area contributed by atoms with Crippen molar-refractivity contribution in [2.45, 2.75) is 31.0 Å². The van der Waals surface area contributed by atoms with E-state index < -0.39 is 5.54 Å². The molecule has 6 aromatic rings. The molecule has 0 saturated carbocycles. The lowest BCUT2D eigenvalue weighted by atomic mass is 9.77. The predicted octanol–water partition coefficient (Wildman–Crippen LogP) is 7.43. The highest BCUT2D eigenvalue weighted by Crippen LogP contribution is 2.45. The number of nitrogens with zero attached hydrogens (tertiary/aromatic N) is 4. The van der Waals surface area contributed by atoms with Crippen LogP contribution in [0.5, 0.6) is 5.88 Å². The van der Waals surface area contributed by atoms with E-state index in [1.807, 2.05) is 12.4 Å². The van der Waals surface area contributed by atoms with Crippen LogP contribution in [-0.4, -0.2) is 40.3 Å². The predicted molar refractivity (Wildman–Crippen MR) is 173 cm³/mol. The van der Waals surface area contributed by atoms with Crippen molar-refractivity contribution >= 4 is 17.1 Å². The number of hydrogen-bond acceptors (Lipinski definition) is 5. The van der Waals surface area contributed by atoms with Gasteiger partial charge in [-0.25, -0.2) is 9.67 Å². The fourth-order valence-corrected chi connectivity index (χ4v) is 6.70. The van der Waals surface area contributed by atoms with Gasteiger partial charge in [0.15, 0.2) is 0 Å². The third kappa shape index (κ3) is 4.41. The lowest BCUT2D eigenvalue weighted by molar-refractivity contribution is 0.0244. The van der Waals surface area contributed by atoms with Crippen molar-refractivity contribution in [1.29, 1.82) is 0 Å². The van der Waals surface area contributed by atoms with Crippen LogP contribution in [0.25, 0.3) is 22.2 Å². The van der Waals surface area contributed by atoms with Gasteiger partial charge in [0.25, 0.3) is 0 Å². The van der Waals surface area contributed by atoms with E-state index in [-0.39, 0.29) is 6.10 Å². The van der Waals surface area contributed by atoms with Crippen molar-refractivity contribution < 1.29 is 9.47 Å². The number of aliphatic imine (C=N–C) groups is 1. The second kappa shape index (κ2) is 11.2. The smallest absolute Gasteiger partial charge is 0.225 e. The molecule has 6 heteroatoms. The van der Waals surface area contributed by atoms with Crippen LogP contribution in [-0.2, 0) is 16.8 Å². The highest BCUT2D eigenvalue weighted by Gasteiger charge is 2.41. The second-order valence-corrected chi connectivity index (χ2v) is 11.4. The molecule has 2 aromatic heterocycles. The first-order chi connectivity index (χ1) is 21.8. The third-order valence-corrected chi connectivity index (χ3v) is 8.81. The molecule has 2 aliphatic heterocycles. The van der Waals surface area contributed by atoms with Crippen LogP contribution in [0.1, 0.15) is 40.7 Å².